The monoisotopic (exact) mass is 245 g/mol. The highest BCUT2D eigenvalue weighted by molar-refractivity contribution is 7.07. The van der Waals surface area contributed by atoms with Crippen LogP contribution in [-0.2, 0) is 0 Å². The van der Waals surface area contributed by atoms with Crippen molar-refractivity contribution in [1.29, 1.82) is 0 Å². The molecule has 0 radical (unpaired) electrons. The predicted molar refractivity (Wildman–Crippen MR) is 59.4 cm³/mol. The summed E-state index contributed by atoms with van der Waals surface area (Å²) >= 11 is 7.15. The van der Waals surface area contributed by atoms with Crippen LogP contribution < -0.4 is 0 Å². The number of rotatable bonds is 1. The van der Waals surface area contributed by atoms with E-state index in [1.165, 1.54) is 11.5 Å². The van der Waals surface area contributed by atoms with E-state index in [0.29, 0.717) is 4.88 Å². The average molecular weight is 246 g/mol. The molecule has 1 amide bonds. The van der Waals surface area contributed by atoms with Gasteiger partial charge in [0.1, 0.15) is 4.88 Å². The second kappa shape index (κ2) is 4.45. The van der Waals surface area contributed by atoms with Crippen LogP contribution in [0.2, 0.25) is 0 Å². The number of likely N-dealkylation sites (tertiary alicyclic amines) is 1. The van der Waals surface area contributed by atoms with Crippen LogP contribution >= 0.6 is 23.1 Å². The first-order chi connectivity index (χ1) is 7.18. The van der Waals surface area contributed by atoms with E-state index in [0.717, 1.165) is 31.6 Å². The van der Waals surface area contributed by atoms with Gasteiger partial charge in [-0.2, -0.15) is 0 Å². The Morgan fingerprint density at radius 2 is 2.20 bits per heavy atom. The van der Waals surface area contributed by atoms with E-state index < -0.39 is 0 Å². The average Bonchev–Trinajstić information content (AvgIpc) is 2.65. The zero-order chi connectivity index (χ0) is 10.8. The summed E-state index contributed by atoms with van der Waals surface area (Å²) in [5.74, 6) is 0.0473. The Labute approximate surface area is 97.4 Å². The first-order valence-electron chi connectivity index (χ1n) is 4.91. The van der Waals surface area contributed by atoms with Gasteiger partial charge in [0.2, 0.25) is 0 Å². The molecule has 6 heteroatoms. The van der Waals surface area contributed by atoms with Crippen LogP contribution in [0.4, 0.5) is 0 Å². The molecule has 1 aliphatic heterocycles. The lowest BCUT2D eigenvalue weighted by Gasteiger charge is -2.28. The van der Waals surface area contributed by atoms with Gasteiger partial charge < -0.3 is 4.90 Å². The fraction of sp³-hybridized carbons (Fsp3) is 0.667. The standard InChI is InChI=1S/C9H12ClN3OS/c1-6-8(15-12-11-6)9(14)13-4-2-7(10)3-5-13/h7H,2-5H2,1H3. The molecule has 1 aromatic heterocycles. The first-order valence-corrected chi connectivity index (χ1v) is 6.12. The maximum atomic E-state index is 12.0. The molecule has 0 aliphatic carbocycles. The predicted octanol–water partition coefficient (Wildman–Crippen LogP) is 1.69. The van der Waals surface area contributed by atoms with E-state index in [4.69, 9.17) is 11.6 Å². The van der Waals surface area contributed by atoms with Gasteiger partial charge >= 0.3 is 0 Å². The molecule has 0 aromatic carbocycles. The van der Waals surface area contributed by atoms with Crippen molar-refractivity contribution in [2.45, 2.75) is 25.1 Å². The van der Waals surface area contributed by atoms with Crippen molar-refractivity contribution in [2.75, 3.05) is 13.1 Å². The van der Waals surface area contributed by atoms with Crippen molar-refractivity contribution >= 4 is 29.0 Å². The molecule has 1 saturated heterocycles. The summed E-state index contributed by atoms with van der Waals surface area (Å²) in [6.07, 6.45) is 1.75. The van der Waals surface area contributed by atoms with E-state index in [1.54, 1.807) is 0 Å². The maximum Gasteiger partial charge on any atom is 0.267 e. The van der Waals surface area contributed by atoms with Crippen LogP contribution in [0.15, 0.2) is 0 Å². The van der Waals surface area contributed by atoms with Gasteiger partial charge in [-0.3, -0.25) is 4.79 Å². The molecular weight excluding hydrogens is 234 g/mol. The molecule has 1 aliphatic rings. The number of aromatic nitrogens is 2. The van der Waals surface area contributed by atoms with Crippen molar-refractivity contribution in [3.8, 4) is 0 Å². The number of nitrogens with zero attached hydrogens (tertiary/aromatic N) is 3. The third kappa shape index (κ3) is 2.29. The second-order valence-electron chi connectivity index (χ2n) is 3.65. The number of amides is 1. The Hall–Kier alpha value is -0.680. The molecule has 2 rings (SSSR count). The van der Waals surface area contributed by atoms with Gasteiger partial charge in [0.15, 0.2) is 0 Å². The zero-order valence-electron chi connectivity index (χ0n) is 8.44. The van der Waals surface area contributed by atoms with Crippen molar-refractivity contribution < 1.29 is 4.79 Å². The summed E-state index contributed by atoms with van der Waals surface area (Å²) in [4.78, 5) is 14.5. The Morgan fingerprint density at radius 1 is 1.53 bits per heavy atom. The van der Waals surface area contributed by atoms with Crippen LogP contribution in [0, 0.1) is 6.92 Å². The molecule has 0 spiro atoms. The van der Waals surface area contributed by atoms with Gasteiger partial charge in [0.05, 0.1) is 5.69 Å². The van der Waals surface area contributed by atoms with Crippen molar-refractivity contribution in [2.24, 2.45) is 0 Å². The van der Waals surface area contributed by atoms with Crippen molar-refractivity contribution in [3.05, 3.63) is 10.6 Å². The number of carbonyl (C=O) groups excluding carboxylic acids is 1. The summed E-state index contributed by atoms with van der Waals surface area (Å²) in [7, 11) is 0. The minimum Gasteiger partial charge on any atom is -0.338 e. The lowest BCUT2D eigenvalue weighted by molar-refractivity contribution is 0.0730. The molecule has 0 N–H and O–H groups in total. The molecule has 1 aromatic rings. The van der Waals surface area contributed by atoms with Gasteiger partial charge in [-0.25, -0.2) is 0 Å². The van der Waals surface area contributed by atoms with Gasteiger partial charge in [0, 0.05) is 18.5 Å². The Kier molecular flexibility index (Phi) is 3.21. The largest absolute Gasteiger partial charge is 0.338 e. The maximum absolute atomic E-state index is 12.0. The number of halogens is 1. The van der Waals surface area contributed by atoms with Crippen LogP contribution in [-0.4, -0.2) is 38.9 Å². The summed E-state index contributed by atoms with van der Waals surface area (Å²) in [6.45, 7) is 3.29. The highest BCUT2D eigenvalue weighted by Crippen LogP contribution is 2.19. The molecule has 82 valence electrons. The summed E-state index contributed by atoms with van der Waals surface area (Å²) in [6, 6.07) is 0. The lowest BCUT2D eigenvalue weighted by Crippen LogP contribution is -2.38. The van der Waals surface area contributed by atoms with Gasteiger partial charge in [-0.1, -0.05) is 4.49 Å². The summed E-state index contributed by atoms with van der Waals surface area (Å²) < 4.78 is 3.77. The smallest absolute Gasteiger partial charge is 0.267 e. The highest BCUT2D eigenvalue weighted by Gasteiger charge is 2.24. The van der Waals surface area contributed by atoms with Crippen LogP contribution in [0.5, 0.6) is 0 Å². The topological polar surface area (TPSA) is 46.1 Å². The van der Waals surface area contributed by atoms with Crippen LogP contribution in [0.1, 0.15) is 28.2 Å². The molecule has 0 saturated carbocycles. The van der Waals surface area contributed by atoms with E-state index in [-0.39, 0.29) is 11.3 Å². The molecule has 0 bridgehead atoms. The number of piperidine rings is 1. The third-order valence-corrected chi connectivity index (χ3v) is 3.81. The molecule has 0 unspecified atom stereocenters. The number of hydrogen-bond donors (Lipinski definition) is 0. The molecule has 15 heavy (non-hydrogen) atoms. The number of aryl methyl sites for hydroxylation is 1. The first kappa shape index (κ1) is 10.8. The Bertz CT molecular complexity index is 360. The normalized spacial score (nSPS) is 18.1. The number of carbonyl (C=O) groups is 1. The Morgan fingerprint density at radius 3 is 2.73 bits per heavy atom. The molecule has 0 atom stereocenters. The lowest BCUT2D eigenvalue weighted by atomic mass is 10.1. The van der Waals surface area contributed by atoms with Gasteiger partial charge in [-0.05, 0) is 31.3 Å². The van der Waals surface area contributed by atoms with Crippen molar-refractivity contribution in [3.63, 3.8) is 0 Å². The van der Waals surface area contributed by atoms with E-state index in [1.807, 2.05) is 11.8 Å². The number of hydrogen-bond acceptors (Lipinski definition) is 4. The van der Waals surface area contributed by atoms with Crippen molar-refractivity contribution in [1.82, 2.24) is 14.5 Å². The van der Waals surface area contributed by atoms with Crippen LogP contribution in [0.3, 0.4) is 0 Å². The van der Waals surface area contributed by atoms with E-state index in [2.05, 4.69) is 9.59 Å². The molecule has 1 fully saturated rings. The SMILES string of the molecule is Cc1nnsc1C(=O)N1CCC(Cl)CC1. The molecule has 4 nitrogen and oxygen atoms in total. The summed E-state index contributed by atoms with van der Waals surface area (Å²) in [5.41, 5.74) is 0.720. The van der Waals surface area contributed by atoms with E-state index >= 15 is 0 Å². The fourth-order valence-corrected chi connectivity index (χ4v) is 2.44. The minimum atomic E-state index is 0.0473. The summed E-state index contributed by atoms with van der Waals surface area (Å²) in [5, 5.41) is 4.06. The fourth-order valence-electron chi connectivity index (χ4n) is 1.62. The quantitative estimate of drug-likeness (QED) is 0.708. The highest BCUT2D eigenvalue weighted by atomic mass is 35.5. The molecular formula is C9H12ClN3OS. The third-order valence-electron chi connectivity index (χ3n) is 2.56. The Balaban J connectivity index is 2.06. The molecule has 2 heterocycles. The second-order valence-corrected chi connectivity index (χ2v) is 5.03. The zero-order valence-corrected chi connectivity index (χ0v) is 10.0. The minimum absolute atomic E-state index is 0.0473. The van der Waals surface area contributed by atoms with E-state index in [9.17, 15) is 4.79 Å². The van der Waals surface area contributed by atoms with Crippen LogP contribution in [0.25, 0.3) is 0 Å². The van der Waals surface area contributed by atoms with Gasteiger partial charge in [-0.15, -0.1) is 16.7 Å². The number of alkyl halides is 1. The van der Waals surface area contributed by atoms with Gasteiger partial charge in [0.25, 0.3) is 5.91 Å².